The van der Waals surface area contributed by atoms with Gasteiger partial charge in [0.1, 0.15) is 0 Å². The van der Waals surface area contributed by atoms with Crippen LogP contribution < -0.4 is 6.15 Å². The minimum atomic E-state index is 0. The summed E-state index contributed by atoms with van der Waals surface area (Å²) in [4.78, 5) is 11.8. The second kappa shape index (κ2) is 11.5. The molecule has 0 aromatic heterocycles. The average molecular weight is 259 g/mol. The molecule has 0 fully saturated rings. The number of esters is 1. The highest BCUT2D eigenvalue weighted by Gasteiger charge is 2.30. The molecule has 0 spiro atoms. The van der Waals surface area contributed by atoms with Crippen molar-refractivity contribution in [3.63, 3.8) is 0 Å². The summed E-state index contributed by atoms with van der Waals surface area (Å²) < 4.78 is 5.25. The Morgan fingerprint density at radius 2 is 1.33 bits per heavy atom. The Labute approximate surface area is 113 Å². The SMILES string of the molecule is CCCOC(=O)CC(CCC)(CCC)CCC.N. The normalized spacial score (nSPS) is 10.9. The summed E-state index contributed by atoms with van der Waals surface area (Å²) in [6, 6.07) is 0. The molecule has 0 aliphatic heterocycles. The van der Waals surface area contributed by atoms with Gasteiger partial charge in [-0.1, -0.05) is 47.0 Å². The molecule has 0 aliphatic rings. The van der Waals surface area contributed by atoms with Gasteiger partial charge in [0, 0.05) is 0 Å². The number of rotatable bonds is 10. The van der Waals surface area contributed by atoms with Crippen LogP contribution in [0.15, 0.2) is 0 Å². The van der Waals surface area contributed by atoms with E-state index in [1.165, 1.54) is 0 Å². The Hall–Kier alpha value is -0.570. The lowest BCUT2D eigenvalue weighted by atomic mass is 9.73. The predicted octanol–water partition coefficient (Wildman–Crippen LogP) is 4.88. The number of carbonyl (C=O) groups is 1. The third-order valence-corrected chi connectivity index (χ3v) is 3.33. The van der Waals surface area contributed by atoms with Crippen molar-refractivity contribution in [3.05, 3.63) is 0 Å². The highest BCUT2D eigenvalue weighted by atomic mass is 16.5. The van der Waals surface area contributed by atoms with Crippen molar-refractivity contribution in [2.45, 2.75) is 79.1 Å². The Morgan fingerprint density at radius 1 is 0.889 bits per heavy atom. The molecule has 0 amide bonds. The van der Waals surface area contributed by atoms with Crippen molar-refractivity contribution >= 4 is 5.97 Å². The van der Waals surface area contributed by atoms with Gasteiger partial charge in [-0.25, -0.2) is 0 Å². The maximum absolute atomic E-state index is 11.8. The van der Waals surface area contributed by atoms with E-state index in [-0.39, 0.29) is 17.5 Å². The van der Waals surface area contributed by atoms with Crippen molar-refractivity contribution in [2.24, 2.45) is 5.41 Å². The fourth-order valence-corrected chi connectivity index (χ4v) is 2.80. The Morgan fingerprint density at radius 3 is 1.67 bits per heavy atom. The minimum absolute atomic E-state index is 0. The summed E-state index contributed by atoms with van der Waals surface area (Å²) in [6.07, 6.45) is 8.43. The van der Waals surface area contributed by atoms with Crippen LogP contribution in [-0.2, 0) is 9.53 Å². The van der Waals surface area contributed by atoms with Crippen LogP contribution in [0.3, 0.4) is 0 Å². The molecule has 0 unspecified atom stereocenters. The van der Waals surface area contributed by atoms with Crippen LogP contribution in [0.5, 0.6) is 0 Å². The summed E-state index contributed by atoms with van der Waals surface area (Å²) in [6.45, 7) is 9.22. The summed E-state index contributed by atoms with van der Waals surface area (Å²) in [7, 11) is 0. The predicted molar refractivity (Wildman–Crippen MR) is 78.0 cm³/mol. The monoisotopic (exact) mass is 259 g/mol. The van der Waals surface area contributed by atoms with Gasteiger partial charge in [0.05, 0.1) is 13.0 Å². The van der Waals surface area contributed by atoms with Crippen LogP contribution in [0.25, 0.3) is 0 Å². The molecule has 0 aromatic rings. The number of hydrogen-bond acceptors (Lipinski definition) is 3. The standard InChI is InChI=1S/C15H30O2.H3N/c1-5-9-15(10-6-2,11-7-3)13-14(16)17-12-8-4;/h5-13H2,1-4H3;1H3. The second-order valence-corrected chi connectivity index (χ2v) is 5.15. The van der Waals surface area contributed by atoms with Crippen molar-refractivity contribution in [1.29, 1.82) is 0 Å². The maximum atomic E-state index is 11.8. The molecular formula is C15H33NO2. The number of ether oxygens (including phenoxy) is 1. The number of hydrogen-bond donors (Lipinski definition) is 1. The summed E-state index contributed by atoms with van der Waals surface area (Å²) in [5.74, 6) is 0.00204. The Kier molecular flexibility index (Phi) is 12.6. The first-order valence-electron chi connectivity index (χ1n) is 7.29. The fraction of sp³-hybridized carbons (Fsp3) is 0.933. The van der Waals surface area contributed by atoms with Gasteiger partial charge in [-0.15, -0.1) is 0 Å². The zero-order valence-corrected chi connectivity index (χ0v) is 12.9. The van der Waals surface area contributed by atoms with Crippen LogP contribution in [0.4, 0.5) is 0 Å². The van der Waals surface area contributed by atoms with Gasteiger partial charge in [0.15, 0.2) is 0 Å². The van der Waals surface area contributed by atoms with Gasteiger partial charge in [-0.05, 0) is 31.1 Å². The summed E-state index contributed by atoms with van der Waals surface area (Å²) in [5, 5.41) is 0. The Bertz CT molecular complexity index is 188. The Balaban J connectivity index is 0. The fourth-order valence-electron chi connectivity index (χ4n) is 2.80. The lowest BCUT2D eigenvalue weighted by Gasteiger charge is -2.32. The quantitative estimate of drug-likeness (QED) is 0.569. The molecule has 0 heterocycles. The van der Waals surface area contributed by atoms with E-state index in [0.29, 0.717) is 13.0 Å². The largest absolute Gasteiger partial charge is 0.466 e. The van der Waals surface area contributed by atoms with Gasteiger partial charge in [0.25, 0.3) is 0 Å². The van der Waals surface area contributed by atoms with Gasteiger partial charge in [0.2, 0.25) is 0 Å². The highest BCUT2D eigenvalue weighted by Crippen LogP contribution is 2.38. The molecule has 3 N–H and O–H groups in total. The molecule has 0 saturated carbocycles. The zero-order chi connectivity index (χ0) is 13.1. The molecule has 0 aromatic carbocycles. The van der Waals surface area contributed by atoms with Crippen molar-refractivity contribution in [2.75, 3.05) is 6.61 Å². The average Bonchev–Trinajstić information content (AvgIpc) is 2.27. The zero-order valence-electron chi connectivity index (χ0n) is 12.9. The van der Waals surface area contributed by atoms with Crippen molar-refractivity contribution < 1.29 is 9.53 Å². The molecule has 0 saturated heterocycles. The minimum Gasteiger partial charge on any atom is -0.466 e. The van der Waals surface area contributed by atoms with E-state index in [2.05, 4.69) is 20.8 Å². The van der Waals surface area contributed by atoms with Crippen molar-refractivity contribution in [1.82, 2.24) is 6.15 Å². The van der Waals surface area contributed by atoms with Crippen LogP contribution in [0.1, 0.15) is 79.1 Å². The summed E-state index contributed by atoms with van der Waals surface area (Å²) >= 11 is 0. The van der Waals surface area contributed by atoms with Gasteiger partial charge < -0.3 is 10.9 Å². The molecule has 18 heavy (non-hydrogen) atoms. The number of carbonyl (C=O) groups excluding carboxylic acids is 1. The van der Waals surface area contributed by atoms with Crippen LogP contribution >= 0.6 is 0 Å². The molecule has 110 valence electrons. The van der Waals surface area contributed by atoms with Gasteiger partial charge >= 0.3 is 5.97 Å². The van der Waals surface area contributed by atoms with Crippen LogP contribution in [0, 0.1) is 5.41 Å². The highest BCUT2D eigenvalue weighted by molar-refractivity contribution is 5.70. The summed E-state index contributed by atoms with van der Waals surface area (Å²) in [5.41, 5.74) is 0.197. The van der Waals surface area contributed by atoms with Gasteiger partial charge in [-0.2, -0.15) is 0 Å². The lowest BCUT2D eigenvalue weighted by Crippen LogP contribution is -2.25. The molecule has 0 aliphatic carbocycles. The van der Waals surface area contributed by atoms with E-state index in [4.69, 9.17) is 4.74 Å². The van der Waals surface area contributed by atoms with E-state index in [1.807, 2.05) is 6.92 Å². The molecule has 0 atom stereocenters. The molecule has 0 bridgehead atoms. The van der Waals surface area contributed by atoms with Crippen LogP contribution in [-0.4, -0.2) is 12.6 Å². The van der Waals surface area contributed by atoms with Crippen LogP contribution in [0.2, 0.25) is 0 Å². The first-order valence-corrected chi connectivity index (χ1v) is 7.29. The smallest absolute Gasteiger partial charge is 0.306 e. The van der Waals surface area contributed by atoms with E-state index < -0.39 is 0 Å². The third kappa shape index (κ3) is 7.70. The molecule has 0 rings (SSSR count). The first kappa shape index (κ1) is 19.8. The van der Waals surface area contributed by atoms with Gasteiger partial charge in [-0.3, -0.25) is 4.79 Å². The van der Waals surface area contributed by atoms with Crippen molar-refractivity contribution in [3.8, 4) is 0 Å². The van der Waals surface area contributed by atoms with E-state index in [9.17, 15) is 4.79 Å². The molecule has 3 heteroatoms. The lowest BCUT2D eigenvalue weighted by molar-refractivity contribution is -0.147. The van der Waals surface area contributed by atoms with E-state index in [0.717, 1.165) is 44.9 Å². The third-order valence-electron chi connectivity index (χ3n) is 3.33. The molecular weight excluding hydrogens is 226 g/mol. The topological polar surface area (TPSA) is 61.3 Å². The first-order chi connectivity index (χ1) is 8.14. The second-order valence-electron chi connectivity index (χ2n) is 5.15. The maximum Gasteiger partial charge on any atom is 0.306 e. The molecule has 0 radical (unpaired) electrons. The van der Waals surface area contributed by atoms with E-state index >= 15 is 0 Å². The van der Waals surface area contributed by atoms with E-state index in [1.54, 1.807) is 0 Å². The molecule has 3 nitrogen and oxygen atoms in total.